The van der Waals surface area contributed by atoms with Gasteiger partial charge in [-0.3, -0.25) is 9.69 Å². The number of piperidine rings is 2. The molecule has 2 saturated heterocycles. The summed E-state index contributed by atoms with van der Waals surface area (Å²) >= 11 is 0. The third-order valence-electron chi connectivity index (χ3n) is 7.62. The Bertz CT molecular complexity index is 1230. The first kappa shape index (κ1) is 21.3. The lowest BCUT2D eigenvalue weighted by Gasteiger charge is -2.47. The number of nitrogens with zero attached hydrogens (tertiary/aromatic N) is 2. The minimum Gasteiger partial charge on any atom is -0.496 e. The van der Waals surface area contributed by atoms with Gasteiger partial charge < -0.3 is 19.1 Å². The number of hydrogen-bond acceptors (Lipinski definition) is 5. The predicted molar refractivity (Wildman–Crippen MR) is 130 cm³/mol. The number of fused-ring (bicyclic) bond motifs is 3. The number of rotatable bonds is 5. The Morgan fingerprint density at radius 2 is 1.88 bits per heavy atom. The number of methoxy groups -OCH3 is 1. The van der Waals surface area contributed by atoms with E-state index in [0.717, 1.165) is 55.3 Å². The molecule has 0 radical (unpaired) electrons. The fraction of sp³-hybridized carbons (Fsp3) is 0.393. The molecule has 0 aliphatic carbocycles. The van der Waals surface area contributed by atoms with E-state index < -0.39 is 0 Å². The lowest BCUT2D eigenvalue weighted by molar-refractivity contribution is -0.142. The fourth-order valence-corrected chi connectivity index (χ4v) is 5.91. The van der Waals surface area contributed by atoms with Crippen LogP contribution in [-0.4, -0.2) is 48.7 Å². The van der Waals surface area contributed by atoms with Crippen LogP contribution >= 0.6 is 0 Å². The van der Waals surface area contributed by atoms with E-state index in [0.29, 0.717) is 18.9 Å². The van der Waals surface area contributed by atoms with Gasteiger partial charge in [0.2, 0.25) is 12.7 Å². The summed E-state index contributed by atoms with van der Waals surface area (Å²) in [5.41, 5.74) is 2.35. The molecule has 0 spiro atoms. The number of hydrogen-bond donors (Lipinski definition) is 0. The maximum absolute atomic E-state index is 12.9. The lowest BCUT2D eigenvalue weighted by Crippen LogP contribution is -2.55. The van der Waals surface area contributed by atoms with E-state index in [1.807, 2.05) is 18.2 Å². The maximum atomic E-state index is 12.9. The highest BCUT2D eigenvalue weighted by molar-refractivity contribution is 5.87. The van der Waals surface area contributed by atoms with Gasteiger partial charge in [-0.25, -0.2) is 0 Å². The van der Waals surface area contributed by atoms with Crippen molar-refractivity contribution < 1.29 is 19.0 Å². The molecule has 34 heavy (non-hydrogen) atoms. The number of carbonyl (C=O) groups is 1. The minimum absolute atomic E-state index is 0.267. The van der Waals surface area contributed by atoms with E-state index in [1.54, 1.807) is 7.11 Å². The topological polar surface area (TPSA) is 51.2 Å². The van der Waals surface area contributed by atoms with Crippen LogP contribution in [0.25, 0.3) is 10.8 Å². The van der Waals surface area contributed by atoms with Crippen molar-refractivity contribution in [3.8, 4) is 17.2 Å². The zero-order valence-corrected chi connectivity index (χ0v) is 19.5. The van der Waals surface area contributed by atoms with Gasteiger partial charge >= 0.3 is 0 Å². The Morgan fingerprint density at radius 3 is 2.79 bits per heavy atom. The normalized spacial score (nSPS) is 22.1. The second-order valence-electron chi connectivity index (χ2n) is 9.57. The monoisotopic (exact) mass is 458 g/mol. The van der Waals surface area contributed by atoms with Crippen LogP contribution in [0.5, 0.6) is 17.2 Å². The quantitative estimate of drug-likeness (QED) is 0.560. The Hall–Kier alpha value is -3.25. The Morgan fingerprint density at radius 1 is 1.00 bits per heavy atom. The molecule has 0 saturated carbocycles. The first-order chi connectivity index (χ1) is 16.7. The SMILES string of the molecule is COc1ccc2ccccc2c1CN1CC[C@H]2[C@H](CCC(=O)N2Cc2ccc3c(c2)OCO3)C1. The molecule has 6 nitrogen and oxygen atoms in total. The van der Waals surface area contributed by atoms with Crippen LogP contribution in [0.2, 0.25) is 0 Å². The molecule has 0 bridgehead atoms. The average molecular weight is 459 g/mol. The average Bonchev–Trinajstić information content (AvgIpc) is 3.34. The molecule has 0 unspecified atom stereocenters. The van der Waals surface area contributed by atoms with Gasteiger partial charge in [-0.05, 0) is 53.3 Å². The van der Waals surface area contributed by atoms with Crippen LogP contribution in [0, 0.1) is 5.92 Å². The largest absolute Gasteiger partial charge is 0.496 e. The van der Waals surface area contributed by atoms with Crippen LogP contribution in [0.3, 0.4) is 0 Å². The van der Waals surface area contributed by atoms with Crippen LogP contribution in [0.15, 0.2) is 54.6 Å². The molecule has 1 amide bonds. The van der Waals surface area contributed by atoms with E-state index in [-0.39, 0.29) is 18.7 Å². The molecule has 176 valence electrons. The van der Waals surface area contributed by atoms with Gasteiger partial charge in [0.1, 0.15) is 5.75 Å². The second kappa shape index (κ2) is 8.84. The molecule has 3 aromatic carbocycles. The molecule has 3 heterocycles. The van der Waals surface area contributed by atoms with Crippen LogP contribution in [0.4, 0.5) is 0 Å². The third-order valence-corrected chi connectivity index (χ3v) is 7.62. The lowest BCUT2D eigenvalue weighted by atomic mass is 9.83. The highest BCUT2D eigenvalue weighted by atomic mass is 16.7. The van der Waals surface area contributed by atoms with Crippen molar-refractivity contribution >= 4 is 16.7 Å². The fourth-order valence-electron chi connectivity index (χ4n) is 5.91. The van der Waals surface area contributed by atoms with Gasteiger partial charge in [0.05, 0.1) is 7.11 Å². The highest BCUT2D eigenvalue weighted by Crippen LogP contribution is 2.37. The van der Waals surface area contributed by atoms with Crippen molar-refractivity contribution in [1.29, 1.82) is 0 Å². The van der Waals surface area contributed by atoms with Crippen LogP contribution in [-0.2, 0) is 17.9 Å². The van der Waals surface area contributed by atoms with E-state index in [2.05, 4.69) is 46.2 Å². The highest BCUT2D eigenvalue weighted by Gasteiger charge is 2.39. The van der Waals surface area contributed by atoms with Gasteiger partial charge in [0.25, 0.3) is 0 Å². The van der Waals surface area contributed by atoms with Crippen molar-refractivity contribution in [2.45, 2.75) is 38.4 Å². The molecule has 2 fully saturated rings. The van der Waals surface area contributed by atoms with Crippen molar-refractivity contribution in [2.75, 3.05) is 27.0 Å². The van der Waals surface area contributed by atoms with Gasteiger partial charge in [0, 0.05) is 44.2 Å². The number of ether oxygens (including phenoxy) is 3. The molecular weight excluding hydrogens is 428 g/mol. The molecule has 6 rings (SSSR count). The van der Waals surface area contributed by atoms with E-state index in [9.17, 15) is 4.79 Å². The second-order valence-corrected chi connectivity index (χ2v) is 9.57. The van der Waals surface area contributed by atoms with Crippen molar-refractivity contribution in [2.24, 2.45) is 5.92 Å². The Kier molecular flexibility index (Phi) is 5.53. The van der Waals surface area contributed by atoms with Crippen LogP contribution in [0.1, 0.15) is 30.4 Å². The Balaban J connectivity index is 1.19. The zero-order valence-electron chi connectivity index (χ0n) is 19.5. The first-order valence-electron chi connectivity index (χ1n) is 12.1. The van der Waals surface area contributed by atoms with Crippen molar-refractivity contribution in [3.63, 3.8) is 0 Å². The van der Waals surface area contributed by atoms with Crippen molar-refractivity contribution in [3.05, 3.63) is 65.7 Å². The standard InChI is InChI=1S/C28H30N2O4/c1-32-25-10-7-20-4-2-3-5-22(20)23(25)17-29-13-12-24-21(16-29)8-11-28(31)30(24)15-19-6-9-26-27(14-19)34-18-33-26/h2-7,9-10,14,21,24H,8,11-13,15-18H2,1H3/t21-,24+/m1/s1. The molecular formula is C28H30N2O4. The van der Waals surface area contributed by atoms with Crippen molar-refractivity contribution in [1.82, 2.24) is 9.80 Å². The summed E-state index contributed by atoms with van der Waals surface area (Å²) in [7, 11) is 1.75. The summed E-state index contributed by atoms with van der Waals surface area (Å²) < 4.78 is 16.7. The van der Waals surface area contributed by atoms with Gasteiger partial charge in [0.15, 0.2) is 11.5 Å². The molecule has 6 heteroatoms. The third kappa shape index (κ3) is 3.86. The number of benzene rings is 3. The van der Waals surface area contributed by atoms with E-state index in [4.69, 9.17) is 14.2 Å². The first-order valence-corrected chi connectivity index (χ1v) is 12.1. The van der Waals surface area contributed by atoms with Gasteiger partial charge in [-0.1, -0.05) is 36.4 Å². The van der Waals surface area contributed by atoms with E-state index >= 15 is 0 Å². The van der Waals surface area contributed by atoms with Crippen LogP contribution < -0.4 is 14.2 Å². The maximum Gasteiger partial charge on any atom is 0.231 e. The summed E-state index contributed by atoms with van der Waals surface area (Å²) in [4.78, 5) is 17.6. The van der Waals surface area contributed by atoms with E-state index in [1.165, 1.54) is 16.3 Å². The van der Waals surface area contributed by atoms with Gasteiger partial charge in [-0.15, -0.1) is 0 Å². The zero-order chi connectivity index (χ0) is 23.1. The molecule has 0 aromatic heterocycles. The molecule has 3 aliphatic heterocycles. The molecule has 0 N–H and O–H groups in total. The summed E-state index contributed by atoms with van der Waals surface area (Å²) in [6.45, 7) is 3.74. The molecule has 3 aromatic rings. The van der Waals surface area contributed by atoms with Gasteiger partial charge in [-0.2, -0.15) is 0 Å². The summed E-state index contributed by atoms with van der Waals surface area (Å²) in [5.74, 6) is 3.26. The minimum atomic E-state index is 0.267. The number of amides is 1. The summed E-state index contributed by atoms with van der Waals surface area (Å²) in [5, 5.41) is 2.50. The summed E-state index contributed by atoms with van der Waals surface area (Å²) in [6, 6.07) is 19.0. The smallest absolute Gasteiger partial charge is 0.231 e. The number of carbonyl (C=O) groups excluding carboxylic acids is 1. The molecule has 2 atom stereocenters. The number of likely N-dealkylation sites (tertiary alicyclic amines) is 2. The Labute approximate surface area is 200 Å². The molecule has 3 aliphatic rings. The predicted octanol–water partition coefficient (Wildman–Crippen LogP) is 4.59. The summed E-state index contributed by atoms with van der Waals surface area (Å²) in [6.07, 6.45) is 2.58.